The van der Waals surface area contributed by atoms with Crippen LogP contribution in [0, 0.1) is 5.92 Å². The molecule has 0 spiro atoms. The molecule has 3 aromatic rings. The number of carbonyl (C=O) groups excluding carboxylic acids is 2. The van der Waals surface area contributed by atoms with Gasteiger partial charge in [-0.25, -0.2) is 8.78 Å². The molecular formula is C26H22Cl2F2N4O4. The number of carboxylic acids is 1. The molecule has 3 heterocycles. The summed E-state index contributed by atoms with van der Waals surface area (Å²) in [6.07, 6.45) is 0.0603. The van der Waals surface area contributed by atoms with Crippen molar-refractivity contribution in [2.45, 2.75) is 37.3 Å². The first-order valence-electron chi connectivity index (χ1n) is 11.7. The van der Waals surface area contributed by atoms with Crippen LogP contribution in [0.5, 0.6) is 0 Å². The van der Waals surface area contributed by atoms with Gasteiger partial charge in [-0.05, 0) is 36.4 Å². The number of carboxylic acid groups (broad SMARTS) is 1. The van der Waals surface area contributed by atoms with Crippen molar-refractivity contribution in [2.75, 3.05) is 17.2 Å². The highest BCUT2D eigenvalue weighted by Gasteiger charge is 2.62. The van der Waals surface area contributed by atoms with Gasteiger partial charge in [0.25, 0.3) is 5.92 Å². The van der Waals surface area contributed by atoms with Crippen molar-refractivity contribution < 1.29 is 28.3 Å². The van der Waals surface area contributed by atoms with Gasteiger partial charge in [0.2, 0.25) is 11.8 Å². The zero-order chi connectivity index (χ0) is 27.4. The predicted molar refractivity (Wildman–Crippen MR) is 139 cm³/mol. The number of likely N-dealkylation sites (tertiary alicyclic amines) is 1. The van der Waals surface area contributed by atoms with Gasteiger partial charge in [-0.2, -0.15) is 0 Å². The number of rotatable bonds is 6. The molecule has 5 rings (SSSR count). The Morgan fingerprint density at radius 1 is 1.26 bits per heavy atom. The van der Waals surface area contributed by atoms with E-state index in [-0.39, 0.29) is 21.3 Å². The summed E-state index contributed by atoms with van der Waals surface area (Å²) < 4.78 is 30.0. The van der Waals surface area contributed by atoms with Gasteiger partial charge < -0.3 is 15.7 Å². The Hall–Kier alpha value is -3.34. The van der Waals surface area contributed by atoms with E-state index >= 15 is 0 Å². The summed E-state index contributed by atoms with van der Waals surface area (Å²) in [7, 11) is 0. The largest absolute Gasteiger partial charge is 0.481 e. The molecule has 2 aliphatic heterocycles. The number of halogens is 4. The smallest absolute Gasteiger partial charge is 0.306 e. The van der Waals surface area contributed by atoms with Crippen LogP contribution in [0.2, 0.25) is 10.0 Å². The Bertz CT molecular complexity index is 1490. The van der Waals surface area contributed by atoms with Gasteiger partial charge in [0, 0.05) is 40.3 Å². The molecule has 1 aromatic heterocycles. The number of nitrogens with zero attached hydrogens (tertiary/aromatic N) is 2. The topological polar surface area (TPSA) is 112 Å². The Morgan fingerprint density at radius 2 is 2.03 bits per heavy atom. The van der Waals surface area contributed by atoms with Crippen LogP contribution in [-0.4, -0.2) is 51.3 Å². The van der Waals surface area contributed by atoms with Crippen molar-refractivity contribution in [1.82, 2.24) is 9.88 Å². The lowest BCUT2D eigenvalue weighted by molar-refractivity contribution is -0.147. The molecule has 2 aliphatic rings. The molecule has 3 N–H and O–H groups in total. The van der Waals surface area contributed by atoms with Crippen LogP contribution in [0.4, 0.5) is 20.2 Å². The molecule has 0 unspecified atom stereocenters. The monoisotopic (exact) mass is 562 g/mol. The van der Waals surface area contributed by atoms with Crippen LogP contribution in [0.1, 0.15) is 25.3 Å². The number of hydrogen-bond donors (Lipinski definition) is 3. The Balaban J connectivity index is 1.53. The van der Waals surface area contributed by atoms with Gasteiger partial charge in [-0.3, -0.25) is 24.3 Å². The van der Waals surface area contributed by atoms with E-state index in [1.165, 1.54) is 19.1 Å². The average molecular weight is 563 g/mol. The summed E-state index contributed by atoms with van der Waals surface area (Å²) in [6, 6.07) is 10.2. The van der Waals surface area contributed by atoms with Crippen LogP contribution >= 0.6 is 23.2 Å². The molecule has 1 saturated heterocycles. The molecule has 0 bridgehead atoms. The van der Waals surface area contributed by atoms with E-state index in [0.29, 0.717) is 5.69 Å². The van der Waals surface area contributed by atoms with E-state index in [0.717, 1.165) is 15.8 Å². The van der Waals surface area contributed by atoms with Crippen molar-refractivity contribution in [1.29, 1.82) is 0 Å². The minimum absolute atomic E-state index is 0.0483. The SMILES string of the molecule is C[C@@H](C(=O)Nc1ccc2ncccc2c1)[C@H]1CC(F)(F)CN1[C@@]1(CC(=O)O)C(=O)Nc2c(Cl)cc(Cl)cc21. The van der Waals surface area contributed by atoms with E-state index < -0.39 is 60.6 Å². The summed E-state index contributed by atoms with van der Waals surface area (Å²) in [4.78, 5) is 44.1. The van der Waals surface area contributed by atoms with Gasteiger partial charge in [0.05, 0.1) is 35.1 Å². The number of alkyl halides is 2. The highest BCUT2D eigenvalue weighted by molar-refractivity contribution is 6.38. The number of nitrogens with one attached hydrogen (secondary N) is 2. The van der Waals surface area contributed by atoms with Crippen molar-refractivity contribution in [2.24, 2.45) is 5.92 Å². The number of aromatic nitrogens is 1. The van der Waals surface area contributed by atoms with Crippen LogP contribution in [-0.2, 0) is 19.9 Å². The van der Waals surface area contributed by atoms with E-state index in [2.05, 4.69) is 15.6 Å². The number of pyridine rings is 1. The first-order valence-corrected chi connectivity index (χ1v) is 12.5. The summed E-state index contributed by atoms with van der Waals surface area (Å²) in [5, 5.41) is 16.0. The number of anilines is 2. The third-order valence-electron chi connectivity index (χ3n) is 7.18. The summed E-state index contributed by atoms with van der Waals surface area (Å²) in [5.74, 6) is -7.11. The van der Waals surface area contributed by atoms with Gasteiger partial charge >= 0.3 is 5.97 Å². The summed E-state index contributed by atoms with van der Waals surface area (Å²) >= 11 is 12.4. The minimum atomic E-state index is -3.29. The van der Waals surface area contributed by atoms with Gasteiger partial charge in [-0.1, -0.05) is 36.2 Å². The zero-order valence-electron chi connectivity index (χ0n) is 20.0. The maximum absolute atomic E-state index is 15.0. The molecule has 1 fully saturated rings. The van der Waals surface area contributed by atoms with E-state index in [1.54, 1.807) is 30.5 Å². The number of hydrogen-bond acceptors (Lipinski definition) is 5. The zero-order valence-corrected chi connectivity index (χ0v) is 21.5. The van der Waals surface area contributed by atoms with E-state index in [9.17, 15) is 28.3 Å². The quantitative estimate of drug-likeness (QED) is 0.383. The summed E-state index contributed by atoms with van der Waals surface area (Å²) in [5.41, 5.74) is -0.693. The molecule has 0 saturated carbocycles. The fourth-order valence-corrected chi connectivity index (χ4v) is 5.98. The number of aliphatic carboxylic acids is 1. The number of benzene rings is 2. The van der Waals surface area contributed by atoms with E-state index in [4.69, 9.17) is 23.2 Å². The van der Waals surface area contributed by atoms with E-state index in [1.807, 2.05) is 6.07 Å². The Kier molecular flexibility index (Phi) is 6.53. The predicted octanol–water partition coefficient (Wildman–Crippen LogP) is 5.15. The number of amides is 2. The highest BCUT2D eigenvalue weighted by Crippen LogP contribution is 2.52. The maximum Gasteiger partial charge on any atom is 0.306 e. The van der Waals surface area contributed by atoms with Crippen molar-refractivity contribution in [3.8, 4) is 0 Å². The van der Waals surface area contributed by atoms with Crippen molar-refractivity contribution >= 4 is 63.3 Å². The average Bonchev–Trinajstić information content (AvgIpc) is 3.32. The maximum atomic E-state index is 15.0. The third-order valence-corrected chi connectivity index (χ3v) is 7.70. The second-order valence-electron chi connectivity index (χ2n) is 9.64. The summed E-state index contributed by atoms with van der Waals surface area (Å²) in [6.45, 7) is 0.547. The molecule has 3 atom stereocenters. The lowest BCUT2D eigenvalue weighted by atomic mass is 9.83. The molecule has 8 nitrogen and oxygen atoms in total. The molecule has 2 amide bonds. The van der Waals surface area contributed by atoms with Crippen LogP contribution in [0.15, 0.2) is 48.7 Å². The normalized spacial score (nSPS) is 23.2. The minimum Gasteiger partial charge on any atom is -0.481 e. The highest BCUT2D eigenvalue weighted by atomic mass is 35.5. The molecule has 0 aliphatic carbocycles. The molecule has 38 heavy (non-hydrogen) atoms. The molecule has 2 aromatic carbocycles. The van der Waals surface area contributed by atoms with Crippen molar-refractivity contribution in [3.63, 3.8) is 0 Å². The lowest BCUT2D eigenvalue weighted by Gasteiger charge is -2.41. The van der Waals surface area contributed by atoms with Crippen LogP contribution in [0.3, 0.4) is 0 Å². The number of carbonyl (C=O) groups is 3. The second kappa shape index (κ2) is 9.44. The second-order valence-corrected chi connectivity index (χ2v) is 10.5. The van der Waals surface area contributed by atoms with Gasteiger partial charge in [0.1, 0.15) is 5.54 Å². The van der Waals surface area contributed by atoms with Crippen LogP contribution < -0.4 is 10.6 Å². The number of fused-ring (bicyclic) bond motifs is 2. The molecule has 198 valence electrons. The molecular weight excluding hydrogens is 541 g/mol. The Labute approximate surface area is 225 Å². The third kappa shape index (κ3) is 4.46. The molecule has 0 radical (unpaired) electrons. The fourth-order valence-electron chi connectivity index (χ4n) is 5.44. The first kappa shape index (κ1) is 26.3. The first-order chi connectivity index (χ1) is 17.9. The lowest BCUT2D eigenvalue weighted by Crippen LogP contribution is -2.57. The van der Waals surface area contributed by atoms with Gasteiger partial charge in [-0.15, -0.1) is 0 Å². The fraction of sp³-hybridized carbons (Fsp3) is 0.308. The van der Waals surface area contributed by atoms with Gasteiger partial charge in [0.15, 0.2) is 0 Å². The Morgan fingerprint density at radius 3 is 2.76 bits per heavy atom. The molecule has 12 heteroatoms. The standard InChI is InChI=1S/C26H22Cl2F2N4O4/c1-13(23(37)32-16-4-5-19-14(7-16)3-2-6-31-19)20-10-25(29,30)12-34(20)26(11-21(35)36)17-8-15(27)9-18(28)22(17)33-24(26)38/h2-9,13,20H,10-12H2,1H3,(H,32,37)(H,33,38)(H,35,36)/t13-,20-,26-/m1/s1. The van der Waals surface area contributed by atoms with Crippen molar-refractivity contribution in [3.05, 3.63) is 64.3 Å². The van der Waals surface area contributed by atoms with Crippen LogP contribution in [0.25, 0.3) is 10.9 Å².